The van der Waals surface area contributed by atoms with E-state index >= 15 is 0 Å². The van der Waals surface area contributed by atoms with Gasteiger partial charge in [-0.25, -0.2) is 4.79 Å². The average molecular weight is 283 g/mol. The lowest BCUT2D eigenvalue weighted by Gasteiger charge is -2.06. The van der Waals surface area contributed by atoms with Crippen LogP contribution in [0.1, 0.15) is 22.8 Å². The largest absolute Gasteiger partial charge is 0.462 e. The molecule has 0 radical (unpaired) electrons. The zero-order valence-electron chi connectivity index (χ0n) is 10.6. The number of nitrogens with one attached hydrogen (secondary N) is 1. The van der Waals surface area contributed by atoms with E-state index in [4.69, 9.17) is 4.74 Å². The summed E-state index contributed by atoms with van der Waals surface area (Å²) in [4.78, 5) is 14.3. The van der Waals surface area contributed by atoms with Crippen LogP contribution in [0, 0.1) is 0 Å². The first-order valence-electron chi connectivity index (χ1n) is 5.95. The molecule has 1 aromatic heterocycles. The highest BCUT2D eigenvalue weighted by molar-refractivity contribution is 5.90. The third-order valence-corrected chi connectivity index (χ3v) is 2.72. The molecule has 0 saturated heterocycles. The minimum Gasteiger partial charge on any atom is -0.462 e. The average Bonchev–Trinajstić information content (AvgIpc) is 2.88. The van der Waals surface area contributed by atoms with E-state index in [2.05, 4.69) is 4.98 Å². The summed E-state index contributed by atoms with van der Waals surface area (Å²) < 4.78 is 42.2. The first kappa shape index (κ1) is 14.2. The summed E-state index contributed by atoms with van der Waals surface area (Å²) >= 11 is 0. The number of carbonyl (C=O) groups is 1. The van der Waals surface area contributed by atoms with E-state index in [1.54, 1.807) is 13.0 Å². The number of hydrogen-bond donors (Lipinski definition) is 1. The predicted molar refractivity (Wildman–Crippen MR) is 67.2 cm³/mol. The van der Waals surface area contributed by atoms with Crippen LogP contribution < -0.4 is 0 Å². The second kappa shape index (κ2) is 5.40. The van der Waals surface area contributed by atoms with Crippen LogP contribution >= 0.6 is 0 Å². The van der Waals surface area contributed by atoms with Crippen LogP contribution in [0.3, 0.4) is 0 Å². The van der Waals surface area contributed by atoms with Crippen molar-refractivity contribution in [1.29, 1.82) is 0 Å². The number of aromatic amines is 1. The molecular formula is C14H12F3NO2. The normalized spacial score (nSPS) is 11.4. The van der Waals surface area contributed by atoms with Gasteiger partial charge >= 0.3 is 12.1 Å². The van der Waals surface area contributed by atoms with Crippen molar-refractivity contribution in [2.45, 2.75) is 13.1 Å². The Bertz CT molecular complexity index is 600. The van der Waals surface area contributed by atoms with E-state index in [0.717, 1.165) is 12.1 Å². The van der Waals surface area contributed by atoms with Gasteiger partial charge in [0, 0.05) is 11.9 Å². The van der Waals surface area contributed by atoms with Crippen molar-refractivity contribution in [1.82, 2.24) is 4.98 Å². The van der Waals surface area contributed by atoms with Crippen LogP contribution in [0.25, 0.3) is 11.3 Å². The van der Waals surface area contributed by atoms with Crippen molar-refractivity contribution in [2.24, 2.45) is 0 Å². The predicted octanol–water partition coefficient (Wildman–Crippen LogP) is 3.88. The SMILES string of the molecule is CCOC(=O)c1c[nH]c(-c2ccc(C(F)(F)F)cc2)c1. The van der Waals surface area contributed by atoms with Gasteiger partial charge in [0.25, 0.3) is 0 Å². The van der Waals surface area contributed by atoms with Gasteiger partial charge in [-0.1, -0.05) is 12.1 Å². The summed E-state index contributed by atoms with van der Waals surface area (Å²) in [7, 11) is 0. The molecule has 0 spiro atoms. The van der Waals surface area contributed by atoms with Crippen molar-refractivity contribution in [3.8, 4) is 11.3 Å². The number of H-pyrrole nitrogens is 1. The van der Waals surface area contributed by atoms with Crippen molar-refractivity contribution < 1.29 is 22.7 Å². The molecule has 0 saturated carbocycles. The van der Waals surface area contributed by atoms with E-state index in [1.165, 1.54) is 18.3 Å². The van der Waals surface area contributed by atoms with Crippen LogP contribution in [0.5, 0.6) is 0 Å². The van der Waals surface area contributed by atoms with E-state index in [1.807, 2.05) is 0 Å². The van der Waals surface area contributed by atoms with E-state index in [0.29, 0.717) is 16.8 Å². The standard InChI is InChI=1S/C14H12F3NO2/c1-2-20-13(19)10-7-12(18-8-10)9-3-5-11(6-4-9)14(15,16)17/h3-8,18H,2H2,1H3. The second-order valence-corrected chi connectivity index (χ2v) is 4.10. The fraction of sp³-hybridized carbons (Fsp3) is 0.214. The molecule has 20 heavy (non-hydrogen) atoms. The molecule has 0 fully saturated rings. The van der Waals surface area contributed by atoms with Crippen molar-refractivity contribution in [2.75, 3.05) is 6.61 Å². The quantitative estimate of drug-likeness (QED) is 0.869. The number of ether oxygens (including phenoxy) is 1. The maximum atomic E-state index is 12.4. The number of hydrogen-bond acceptors (Lipinski definition) is 2. The summed E-state index contributed by atoms with van der Waals surface area (Å²) in [6, 6.07) is 6.24. The molecule has 0 aliphatic rings. The number of alkyl halides is 3. The molecule has 0 unspecified atom stereocenters. The molecule has 1 aromatic carbocycles. The highest BCUT2D eigenvalue weighted by atomic mass is 19.4. The lowest BCUT2D eigenvalue weighted by atomic mass is 10.1. The molecule has 3 nitrogen and oxygen atoms in total. The number of esters is 1. The van der Waals surface area contributed by atoms with Crippen molar-refractivity contribution >= 4 is 5.97 Å². The van der Waals surface area contributed by atoms with Gasteiger partial charge in [0.1, 0.15) is 0 Å². The Labute approximate surface area is 113 Å². The van der Waals surface area contributed by atoms with Crippen LogP contribution in [-0.2, 0) is 10.9 Å². The summed E-state index contributed by atoms with van der Waals surface area (Å²) in [5.41, 5.74) is 0.746. The topological polar surface area (TPSA) is 42.1 Å². The zero-order chi connectivity index (χ0) is 14.8. The van der Waals surface area contributed by atoms with Gasteiger partial charge in [0.15, 0.2) is 0 Å². The summed E-state index contributed by atoms with van der Waals surface area (Å²) in [6.07, 6.45) is -2.89. The molecule has 2 aromatic rings. The summed E-state index contributed by atoms with van der Waals surface area (Å²) in [6.45, 7) is 1.96. The van der Waals surface area contributed by atoms with Gasteiger partial charge in [-0.2, -0.15) is 13.2 Å². The van der Waals surface area contributed by atoms with Crippen LogP contribution in [-0.4, -0.2) is 17.6 Å². The minimum atomic E-state index is -4.36. The Hall–Kier alpha value is -2.24. The fourth-order valence-electron chi connectivity index (χ4n) is 1.73. The molecule has 1 heterocycles. The zero-order valence-corrected chi connectivity index (χ0v) is 10.6. The highest BCUT2D eigenvalue weighted by Gasteiger charge is 2.30. The Kier molecular flexibility index (Phi) is 3.83. The molecule has 0 atom stereocenters. The molecule has 0 bridgehead atoms. The van der Waals surface area contributed by atoms with Crippen molar-refractivity contribution in [3.63, 3.8) is 0 Å². The lowest BCUT2D eigenvalue weighted by Crippen LogP contribution is -2.04. The molecule has 1 N–H and O–H groups in total. The number of benzene rings is 1. The molecular weight excluding hydrogens is 271 g/mol. The number of aromatic nitrogens is 1. The third-order valence-electron chi connectivity index (χ3n) is 2.72. The molecule has 0 aliphatic heterocycles. The summed E-state index contributed by atoms with van der Waals surface area (Å²) in [5, 5.41) is 0. The minimum absolute atomic E-state index is 0.264. The Balaban J connectivity index is 2.22. The van der Waals surface area contributed by atoms with Crippen LogP contribution in [0.2, 0.25) is 0 Å². The monoisotopic (exact) mass is 283 g/mol. The van der Waals surface area contributed by atoms with E-state index < -0.39 is 17.7 Å². The fourth-order valence-corrected chi connectivity index (χ4v) is 1.73. The van der Waals surface area contributed by atoms with Gasteiger partial charge < -0.3 is 9.72 Å². The van der Waals surface area contributed by atoms with Crippen LogP contribution in [0.4, 0.5) is 13.2 Å². The Morgan fingerprint density at radius 1 is 1.25 bits per heavy atom. The van der Waals surface area contributed by atoms with Gasteiger partial charge in [0.05, 0.1) is 17.7 Å². The van der Waals surface area contributed by atoms with Gasteiger partial charge in [-0.05, 0) is 30.7 Å². The smallest absolute Gasteiger partial charge is 0.416 e. The van der Waals surface area contributed by atoms with Gasteiger partial charge in [0.2, 0.25) is 0 Å². The maximum Gasteiger partial charge on any atom is 0.416 e. The number of halogens is 3. The van der Waals surface area contributed by atoms with Gasteiger partial charge in [-0.15, -0.1) is 0 Å². The molecule has 2 rings (SSSR count). The van der Waals surface area contributed by atoms with E-state index in [-0.39, 0.29) is 6.61 Å². The van der Waals surface area contributed by atoms with Gasteiger partial charge in [-0.3, -0.25) is 0 Å². The van der Waals surface area contributed by atoms with Crippen LogP contribution in [0.15, 0.2) is 36.5 Å². The maximum absolute atomic E-state index is 12.4. The second-order valence-electron chi connectivity index (χ2n) is 4.10. The first-order valence-corrected chi connectivity index (χ1v) is 5.95. The summed E-state index contributed by atoms with van der Waals surface area (Å²) in [5.74, 6) is -0.470. The molecule has 0 aliphatic carbocycles. The molecule has 0 amide bonds. The molecule has 6 heteroatoms. The van der Waals surface area contributed by atoms with E-state index in [9.17, 15) is 18.0 Å². The Morgan fingerprint density at radius 3 is 2.45 bits per heavy atom. The lowest BCUT2D eigenvalue weighted by molar-refractivity contribution is -0.137. The molecule has 106 valence electrons. The number of carbonyl (C=O) groups excluding carboxylic acids is 1. The first-order chi connectivity index (χ1) is 9.41. The Morgan fingerprint density at radius 2 is 1.90 bits per heavy atom. The number of rotatable bonds is 3. The third kappa shape index (κ3) is 3.01. The highest BCUT2D eigenvalue weighted by Crippen LogP contribution is 2.30. The van der Waals surface area contributed by atoms with Crippen molar-refractivity contribution in [3.05, 3.63) is 47.7 Å².